The summed E-state index contributed by atoms with van der Waals surface area (Å²) < 4.78 is 82.9. The molecule has 0 aromatic heterocycles. The molecule has 4 nitrogen and oxygen atoms in total. The number of carbonyl (C=O) groups is 1. The van der Waals surface area contributed by atoms with Gasteiger partial charge in [-0.25, -0.2) is 18.0 Å². The number of hydrogen-bond donors (Lipinski definition) is 2. The molecule has 2 N–H and O–H groups in total. The molecule has 0 radical (unpaired) electrons. The lowest BCUT2D eigenvalue weighted by Gasteiger charge is -2.30. The van der Waals surface area contributed by atoms with E-state index in [1.807, 2.05) is 0 Å². The van der Waals surface area contributed by atoms with E-state index in [-0.39, 0.29) is 18.3 Å². The van der Waals surface area contributed by atoms with Crippen molar-refractivity contribution in [3.8, 4) is 0 Å². The molecule has 2 rings (SSSR count). The Labute approximate surface area is 158 Å². The third kappa shape index (κ3) is 6.57. The summed E-state index contributed by atoms with van der Waals surface area (Å²) >= 11 is 0. The summed E-state index contributed by atoms with van der Waals surface area (Å²) in [6.07, 6.45) is -2.89. The van der Waals surface area contributed by atoms with E-state index >= 15 is 0 Å². The van der Waals surface area contributed by atoms with Gasteiger partial charge in [0.1, 0.15) is 12.4 Å². The second-order valence-electron chi connectivity index (χ2n) is 6.91. The molecular formula is C18H22F6N2O2. The molecule has 1 fully saturated rings. The van der Waals surface area contributed by atoms with Gasteiger partial charge in [-0.1, -0.05) is 0 Å². The van der Waals surface area contributed by atoms with Gasteiger partial charge in [-0.2, -0.15) is 13.2 Å². The third-order valence-electron chi connectivity index (χ3n) is 4.57. The average molecular weight is 412 g/mol. The van der Waals surface area contributed by atoms with Gasteiger partial charge in [0, 0.05) is 5.56 Å². The first-order valence-electron chi connectivity index (χ1n) is 8.93. The summed E-state index contributed by atoms with van der Waals surface area (Å²) in [7, 11) is 0. The Kier molecular flexibility index (Phi) is 7.56. The molecule has 158 valence electrons. The maximum atomic E-state index is 13.9. The number of amides is 2. The number of nitrogens with one attached hydrogen (secondary N) is 2. The second-order valence-corrected chi connectivity index (χ2v) is 6.91. The fourth-order valence-corrected chi connectivity index (χ4v) is 3.21. The summed E-state index contributed by atoms with van der Waals surface area (Å²) in [6, 6.07) is 0.189. The predicted octanol–water partition coefficient (Wildman–Crippen LogP) is 4.40. The molecule has 1 aromatic carbocycles. The van der Waals surface area contributed by atoms with Crippen molar-refractivity contribution in [3.63, 3.8) is 0 Å². The Morgan fingerprint density at radius 1 is 1.14 bits per heavy atom. The van der Waals surface area contributed by atoms with E-state index in [0.717, 1.165) is 12.1 Å². The molecule has 1 unspecified atom stereocenters. The van der Waals surface area contributed by atoms with Crippen LogP contribution < -0.4 is 10.6 Å². The van der Waals surface area contributed by atoms with E-state index in [9.17, 15) is 31.1 Å². The maximum Gasteiger partial charge on any atom is 0.405 e. The summed E-state index contributed by atoms with van der Waals surface area (Å²) in [6.45, 7) is 0.234. The fraction of sp³-hybridized carbons (Fsp3) is 0.611. The lowest BCUT2D eigenvalue weighted by atomic mass is 9.82. The van der Waals surface area contributed by atoms with Gasteiger partial charge in [0.2, 0.25) is 0 Å². The molecule has 28 heavy (non-hydrogen) atoms. The van der Waals surface area contributed by atoms with Gasteiger partial charge in [0.25, 0.3) is 0 Å². The van der Waals surface area contributed by atoms with Crippen LogP contribution >= 0.6 is 0 Å². The molecule has 0 heterocycles. The van der Waals surface area contributed by atoms with E-state index in [2.05, 4.69) is 5.32 Å². The van der Waals surface area contributed by atoms with Crippen molar-refractivity contribution in [2.45, 2.75) is 56.8 Å². The number of ether oxygens (including phenoxy) is 1. The number of urea groups is 1. The molecule has 1 aliphatic rings. The lowest BCUT2D eigenvalue weighted by molar-refractivity contribution is -0.122. The first kappa shape index (κ1) is 22.3. The maximum absolute atomic E-state index is 13.9. The molecule has 10 heteroatoms. The number of benzene rings is 1. The van der Waals surface area contributed by atoms with E-state index in [1.165, 1.54) is 0 Å². The zero-order valence-electron chi connectivity index (χ0n) is 15.2. The molecular weight excluding hydrogens is 390 g/mol. The van der Waals surface area contributed by atoms with Crippen molar-refractivity contribution in [1.29, 1.82) is 0 Å². The van der Waals surface area contributed by atoms with Gasteiger partial charge in [-0.05, 0) is 50.7 Å². The number of alkyl halides is 3. The van der Waals surface area contributed by atoms with Gasteiger partial charge in [-0.15, -0.1) is 0 Å². The van der Waals surface area contributed by atoms with Crippen molar-refractivity contribution in [2.24, 2.45) is 0 Å². The van der Waals surface area contributed by atoms with Gasteiger partial charge in [-0.3, -0.25) is 0 Å². The van der Waals surface area contributed by atoms with Crippen LogP contribution in [0.25, 0.3) is 0 Å². The van der Waals surface area contributed by atoms with Crippen molar-refractivity contribution >= 4 is 6.03 Å². The second kappa shape index (κ2) is 9.49. The Hall–Kier alpha value is -1.97. The highest BCUT2D eigenvalue weighted by molar-refractivity contribution is 5.74. The molecule has 0 spiro atoms. The van der Waals surface area contributed by atoms with Crippen LogP contribution in [-0.4, -0.2) is 37.5 Å². The van der Waals surface area contributed by atoms with E-state index in [4.69, 9.17) is 4.74 Å². The zero-order valence-corrected chi connectivity index (χ0v) is 15.2. The fourth-order valence-electron chi connectivity index (χ4n) is 3.21. The number of rotatable bonds is 6. The largest absolute Gasteiger partial charge is 0.405 e. The third-order valence-corrected chi connectivity index (χ3v) is 4.57. The standard InChI is InChI=1S/C18H22F6N2O2/c1-10(26-17(27)25-9-18(22,23)24)8-28-12-4-2-11(3-5-12)15-13(19)6-7-14(20)16(15)21/h6-7,10-12H,2-5,8-9H2,1H3,(H2,25,26,27). The normalized spacial score (nSPS) is 21.2. The van der Waals surface area contributed by atoms with Crippen LogP contribution in [-0.2, 0) is 4.74 Å². The number of hydrogen-bond acceptors (Lipinski definition) is 2. The highest BCUT2D eigenvalue weighted by Gasteiger charge is 2.29. The van der Waals surface area contributed by atoms with Gasteiger partial charge in [0.05, 0.1) is 18.8 Å². The molecule has 1 aliphatic carbocycles. The van der Waals surface area contributed by atoms with Crippen LogP contribution in [0.2, 0.25) is 0 Å². The van der Waals surface area contributed by atoms with Crippen LogP contribution in [0, 0.1) is 17.5 Å². The molecule has 1 saturated carbocycles. The topological polar surface area (TPSA) is 50.4 Å². The van der Waals surface area contributed by atoms with Crippen LogP contribution in [0.15, 0.2) is 12.1 Å². The first-order chi connectivity index (χ1) is 13.1. The molecule has 1 atom stereocenters. The number of carbonyl (C=O) groups excluding carboxylic acids is 1. The van der Waals surface area contributed by atoms with Crippen LogP contribution in [0.3, 0.4) is 0 Å². The van der Waals surface area contributed by atoms with Crippen LogP contribution in [0.1, 0.15) is 44.1 Å². The minimum atomic E-state index is -4.49. The average Bonchev–Trinajstić information content (AvgIpc) is 2.62. The Morgan fingerprint density at radius 2 is 1.75 bits per heavy atom. The smallest absolute Gasteiger partial charge is 0.376 e. The minimum Gasteiger partial charge on any atom is -0.376 e. The summed E-state index contributed by atoms with van der Waals surface area (Å²) in [5.41, 5.74) is -0.241. The quantitative estimate of drug-likeness (QED) is 0.538. The number of halogens is 6. The Balaban J connectivity index is 1.74. The Bertz CT molecular complexity index is 675. The Morgan fingerprint density at radius 3 is 2.36 bits per heavy atom. The predicted molar refractivity (Wildman–Crippen MR) is 89.3 cm³/mol. The lowest BCUT2D eigenvalue weighted by Crippen LogP contribution is -2.46. The van der Waals surface area contributed by atoms with E-state index in [1.54, 1.807) is 12.2 Å². The molecule has 0 bridgehead atoms. The SMILES string of the molecule is CC(COC1CCC(c2c(F)ccc(F)c2F)CC1)NC(=O)NCC(F)(F)F. The summed E-state index contributed by atoms with van der Waals surface area (Å²) in [4.78, 5) is 11.4. The van der Waals surface area contributed by atoms with Crippen molar-refractivity contribution < 1.29 is 35.9 Å². The van der Waals surface area contributed by atoms with Gasteiger partial charge < -0.3 is 15.4 Å². The molecule has 0 saturated heterocycles. The van der Waals surface area contributed by atoms with Crippen LogP contribution in [0.5, 0.6) is 0 Å². The zero-order chi connectivity index (χ0) is 20.9. The molecule has 0 aliphatic heterocycles. The van der Waals surface area contributed by atoms with E-state index in [0.29, 0.717) is 25.7 Å². The van der Waals surface area contributed by atoms with Crippen molar-refractivity contribution in [3.05, 3.63) is 35.1 Å². The molecule has 1 aromatic rings. The van der Waals surface area contributed by atoms with Gasteiger partial charge in [0.15, 0.2) is 11.6 Å². The summed E-state index contributed by atoms with van der Waals surface area (Å²) in [5.74, 6) is -3.46. The minimum absolute atomic E-state index is 0.0808. The van der Waals surface area contributed by atoms with Crippen molar-refractivity contribution in [2.75, 3.05) is 13.2 Å². The summed E-state index contributed by atoms with van der Waals surface area (Å²) in [5, 5.41) is 4.03. The first-order valence-corrected chi connectivity index (χ1v) is 8.93. The molecule has 2 amide bonds. The van der Waals surface area contributed by atoms with Crippen molar-refractivity contribution in [1.82, 2.24) is 10.6 Å². The van der Waals surface area contributed by atoms with Gasteiger partial charge >= 0.3 is 12.2 Å². The van der Waals surface area contributed by atoms with E-state index < -0.39 is 48.2 Å². The van der Waals surface area contributed by atoms with Crippen LogP contribution in [0.4, 0.5) is 31.1 Å². The highest BCUT2D eigenvalue weighted by Crippen LogP contribution is 2.37. The highest BCUT2D eigenvalue weighted by atomic mass is 19.4. The monoisotopic (exact) mass is 412 g/mol.